The smallest absolute Gasteiger partial charge is 0.387 e. The zero-order valence-corrected chi connectivity index (χ0v) is 19.0. The normalized spacial score (nSPS) is 24.3. The third kappa shape index (κ3) is 6.03. The van der Waals surface area contributed by atoms with Crippen LogP contribution in [0.1, 0.15) is 43.4 Å². The molecule has 0 saturated carbocycles. The highest BCUT2D eigenvalue weighted by molar-refractivity contribution is 5.85. The van der Waals surface area contributed by atoms with Gasteiger partial charge < -0.3 is 15.7 Å². The van der Waals surface area contributed by atoms with E-state index in [4.69, 9.17) is 0 Å². The van der Waals surface area contributed by atoms with Crippen molar-refractivity contribution in [3.8, 4) is 0 Å². The highest BCUT2D eigenvalue weighted by Crippen LogP contribution is 2.36. The molecule has 3 rings (SSSR count). The molecule has 2 aliphatic rings. The van der Waals surface area contributed by atoms with Crippen molar-refractivity contribution < 1.29 is 31.9 Å². The van der Waals surface area contributed by atoms with Gasteiger partial charge in [0, 0.05) is 19.0 Å². The first kappa shape index (κ1) is 26.3. The maximum Gasteiger partial charge on any atom is 0.454 e. The second-order valence-corrected chi connectivity index (χ2v) is 9.40. The zero-order chi connectivity index (χ0) is 25.1. The molecule has 3 unspecified atom stereocenters. The molecule has 0 spiro atoms. The Morgan fingerprint density at radius 3 is 2.29 bits per heavy atom. The number of benzene rings is 1. The molecule has 4 N–H and O–H groups in total. The molecule has 0 bridgehead atoms. The lowest BCUT2D eigenvalue weighted by Gasteiger charge is -2.33. The number of halogens is 5. The van der Waals surface area contributed by atoms with Gasteiger partial charge in [0.2, 0.25) is 5.91 Å². The van der Waals surface area contributed by atoms with Gasteiger partial charge in [-0.05, 0) is 23.5 Å². The SMILES string of the molecule is CC(C)CC(O)(CNCC(F)(F)C(F)(F)F)CN[C@@H]1C(=O)NC2C=CC=CC2c2ccccc21. The maximum atomic E-state index is 13.3. The number of hydrogen-bond donors (Lipinski definition) is 4. The largest absolute Gasteiger partial charge is 0.454 e. The summed E-state index contributed by atoms with van der Waals surface area (Å²) in [5.41, 5.74) is -0.0144. The van der Waals surface area contributed by atoms with Crippen LogP contribution in [0.4, 0.5) is 22.0 Å². The average molecular weight is 488 g/mol. The molecule has 1 aromatic carbocycles. The lowest BCUT2D eigenvalue weighted by molar-refractivity contribution is -0.279. The summed E-state index contributed by atoms with van der Waals surface area (Å²) in [5.74, 6) is -5.39. The van der Waals surface area contributed by atoms with Crippen LogP contribution in [0.5, 0.6) is 0 Å². The van der Waals surface area contributed by atoms with Crippen LogP contribution in [0.15, 0.2) is 48.6 Å². The van der Waals surface area contributed by atoms with E-state index in [-0.39, 0.29) is 36.8 Å². The Morgan fingerprint density at radius 1 is 1.00 bits per heavy atom. The van der Waals surface area contributed by atoms with E-state index in [0.717, 1.165) is 11.1 Å². The molecule has 0 fully saturated rings. The van der Waals surface area contributed by atoms with Crippen molar-refractivity contribution in [2.75, 3.05) is 19.6 Å². The molecular weight excluding hydrogens is 457 g/mol. The summed E-state index contributed by atoms with van der Waals surface area (Å²) >= 11 is 0. The number of amides is 1. The fourth-order valence-electron chi connectivity index (χ4n) is 4.52. The van der Waals surface area contributed by atoms with Gasteiger partial charge in [-0.3, -0.25) is 10.1 Å². The average Bonchev–Trinajstić information content (AvgIpc) is 2.84. The Bertz CT molecular complexity index is 931. The van der Waals surface area contributed by atoms with Gasteiger partial charge in [0.1, 0.15) is 6.04 Å². The molecular formula is C24H30F5N3O2. The van der Waals surface area contributed by atoms with Crippen LogP contribution in [0.2, 0.25) is 0 Å². The van der Waals surface area contributed by atoms with E-state index in [1.54, 1.807) is 19.9 Å². The second kappa shape index (κ2) is 10.1. The van der Waals surface area contributed by atoms with Gasteiger partial charge in [-0.1, -0.05) is 62.4 Å². The van der Waals surface area contributed by atoms with Crippen LogP contribution in [-0.4, -0.2) is 54.4 Å². The van der Waals surface area contributed by atoms with Gasteiger partial charge in [0.15, 0.2) is 0 Å². The summed E-state index contributed by atoms with van der Waals surface area (Å²) in [6.45, 7) is 1.25. The first-order valence-electron chi connectivity index (χ1n) is 11.2. The summed E-state index contributed by atoms with van der Waals surface area (Å²) in [6.07, 6.45) is 2.07. The minimum Gasteiger partial charge on any atom is -0.387 e. The van der Waals surface area contributed by atoms with Crippen molar-refractivity contribution in [3.63, 3.8) is 0 Å². The number of fused-ring (bicyclic) bond motifs is 3. The number of rotatable bonds is 9. The van der Waals surface area contributed by atoms with Crippen LogP contribution in [-0.2, 0) is 4.79 Å². The van der Waals surface area contributed by atoms with Crippen molar-refractivity contribution in [2.45, 2.75) is 56.0 Å². The van der Waals surface area contributed by atoms with Gasteiger partial charge in [-0.25, -0.2) is 0 Å². The van der Waals surface area contributed by atoms with E-state index in [2.05, 4.69) is 16.0 Å². The van der Waals surface area contributed by atoms with E-state index < -0.39 is 36.8 Å². The van der Waals surface area contributed by atoms with Crippen LogP contribution in [0.25, 0.3) is 0 Å². The highest BCUT2D eigenvalue weighted by Gasteiger charge is 2.57. The fourth-order valence-corrected chi connectivity index (χ4v) is 4.52. The second-order valence-electron chi connectivity index (χ2n) is 9.40. The van der Waals surface area contributed by atoms with Gasteiger partial charge in [0.25, 0.3) is 0 Å². The molecule has 0 saturated heterocycles. The Morgan fingerprint density at radius 2 is 1.65 bits per heavy atom. The molecule has 1 aliphatic heterocycles. The van der Waals surface area contributed by atoms with Crippen molar-refractivity contribution in [3.05, 3.63) is 59.7 Å². The van der Waals surface area contributed by atoms with Crippen LogP contribution < -0.4 is 16.0 Å². The Hall–Kier alpha value is -2.30. The quantitative estimate of drug-likeness (QED) is 0.402. The summed E-state index contributed by atoms with van der Waals surface area (Å²) in [6, 6.07) is 6.32. The highest BCUT2D eigenvalue weighted by atomic mass is 19.4. The van der Waals surface area contributed by atoms with Crippen molar-refractivity contribution in [1.29, 1.82) is 0 Å². The molecule has 0 radical (unpaired) electrons. The van der Waals surface area contributed by atoms with E-state index >= 15 is 0 Å². The molecule has 1 aromatic rings. The number of alkyl halides is 5. The summed E-state index contributed by atoms with van der Waals surface area (Å²) in [7, 11) is 0. The number of carbonyl (C=O) groups is 1. The fraction of sp³-hybridized carbons (Fsp3) is 0.542. The molecule has 10 heteroatoms. The lowest BCUT2D eigenvalue weighted by atomic mass is 9.85. The Kier molecular flexibility index (Phi) is 7.84. The zero-order valence-electron chi connectivity index (χ0n) is 19.0. The van der Waals surface area contributed by atoms with Crippen molar-refractivity contribution in [1.82, 2.24) is 16.0 Å². The van der Waals surface area contributed by atoms with Crippen LogP contribution in [0, 0.1) is 5.92 Å². The summed E-state index contributed by atoms with van der Waals surface area (Å²) in [4.78, 5) is 13.1. The predicted molar refractivity (Wildman–Crippen MR) is 118 cm³/mol. The van der Waals surface area contributed by atoms with Gasteiger partial charge >= 0.3 is 12.1 Å². The Labute approximate surface area is 195 Å². The number of allylic oxidation sites excluding steroid dienone is 2. The molecule has 1 amide bonds. The van der Waals surface area contributed by atoms with Crippen molar-refractivity contribution >= 4 is 5.91 Å². The van der Waals surface area contributed by atoms with Gasteiger partial charge in [-0.15, -0.1) is 0 Å². The summed E-state index contributed by atoms with van der Waals surface area (Å²) < 4.78 is 64.1. The van der Waals surface area contributed by atoms with Gasteiger partial charge in [-0.2, -0.15) is 22.0 Å². The first-order chi connectivity index (χ1) is 15.8. The standard InChI is InChI=1S/C24H30F5N3O2/c1-15(2)11-22(34,12-30-14-23(25,26)24(27,28)29)13-31-20-18-9-4-3-7-16(18)17-8-5-6-10-19(17)32-21(20)33/h3-10,15,17,19-20,30-31,34H,11-14H2,1-2H3,(H,32,33)/t17?,19?,20-,22?/m0/s1. The minimum absolute atomic E-state index is 0.0715. The molecule has 1 heterocycles. The van der Waals surface area contributed by atoms with E-state index in [9.17, 15) is 31.9 Å². The third-order valence-electron chi connectivity index (χ3n) is 6.01. The molecule has 4 atom stereocenters. The number of aliphatic hydroxyl groups is 1. The molecule has 188 valence electrons. The monoisotopic (exact) mass is 487 g/mol. The van der Waals surface area contributed by atoms with Crippen LogP contribution in [0.3, 0.4) is 0 Å². The lowest BCUT2D eigenvalue weighted by Crippen LogP contribution is -2.54. The maximum absolute atomic E-state index is 13.3. The third-order valence-corrected chi connectivity index (χ3v) is 6.01. The van der Waals surface area contributed by atoms with Gasteiger partial charge in [0.05, 0.1) is 18.2 Å². The first-order valence-corrected chi connectivity index (χ1v) is 11.2. The van der Waals surface area contributed by atoms with E-state index in [1.807, 2.05) is 42.5 Å². The van der Waals surface area contributed by atoms with E-state index in [1.165, 1.54) is 0 Å². The van der Waals surface area contributed by atoms with Crippen molar-refractivity contribution in [2.24, 2.45) is 5.92 Å². The van der Waals surface area contributed by atoms with E-state index in [0.29, 0.717) is 0 Å². The molecule has 34 heavy (non-hydrogen) atoms. The number of nitrogens with one attached hydrogen (secondary N) is 3. The minimum atomic E-state index is -5.68. The molecule has 1 aliphatic carbocycles. The molecule has 0 aromatic heterocycles. The Balaban J connectivity index is 1.77. The van der Waals surface area contributed by atoms with Crippen LogP contribution >= 0.6 is 0 Å². The summed E-state index contributed by atoms with van der Waals surface area (Å²) in [5, 5.41) is 19.2. The number of hydrogen-bond acceptors (Lipinski definition) is 4. The predicted octanol–water partition coefficient (Wildman–Crippen LogP) is 3.59. The topological polar surface area (TPSA) is 73.4 Å². The molecule has 5 nitrogen and oxygen atoms in total. The number of carbonyl (C=O) groups excluding carboxylic acids is 1.